The first-order valence-corrected chi connectivity index (χ1v) is 9.20. The van der Waals surface area contributed by atoms with Gasteiger partial charge >= 0.3 is 0 Å². The van der Waals surface area contributed by atoms with Gasteiger partial charge in [-0.3, -0.25) is 14.9 Å². The molecule has 2 heterocycles. The summed E-state index contributed by atoms with van der Waals surface area (Å²) < 4.78 is 3.26. The minimum atomic E-state index is -0.462. The molecule has 0 fully saturated rings. The van der Waals surface area contributed by atoms with Crippen molar-refractivity contribution in [1.29, 1.82) is 0 Å². The van der Waals surface area contributed by atoms with E-state index in [1.54, 1.807) is 40.7 Å². The van der Waals surface area contributed by atoms with Gasteiger partial charge in [0.1, 0.15) is 5.82 Å². The molecule has 0 aliphatic heterocycles. The number of nitrogens with zero attached hydrogens (tertiary/aromatic N) is 5. The minimum absolute atomic E-state index is 0.0105. The average molecular weight is 402 g/mol. The van der Waals surface area contributed by atoms with E-state index in [1.165, 1.54) is 12.1 Å². The highest BCUT2D eigenvalue weighted by atomic mass is 16.6. The molecule has 1 amide bonds. The second kappa shape index (κ2) is 8.00. The van der Waals surface area contributed by atoms with Crippen LogP contribution < -0.4 is 5.32 Å². The number of nitro benzene ring substituents is 1. The summed E-state index contributed by atoms with van der Waals surface area (Å²) in [6, 6.07) is 17.4. The van der Waals surface area contributed by atoms with Crippen molar-refractivity contribution in [2.24, 2.45) is 0 Å². The van der Waals surface area contributed by atoms with Gasteiger partial charge in [0, 0.05) is 24.4 Å². The number of amides is 1. The van der Waals surface area contributed by atoms with Crippen LogP contribution in [0, 0.1) is 17.0 Å². The highest BCUT2D eigenvalue weighted by Gasteiger charge is 2.14. The second-order valence-corrected chi connectivity index (χ2v) is 6.71. The molecule has 9 heteroatoms. The molecule has 1 N–H and O–H groups in total. The number of aromatic nitrogens is 4. The monoisotopic (exact) mass is 402 g/mol. The lowest BCUT2D eigenvalue weighted by molar-refractivity contribution is -0.384. The third-order valence-corrected chi connectivity index (χ3v) is 4.43. The summed E-state index contributed by atoms with van der Waals surface area (Å²) in [7, 11) is 0. The van der Waals surface area contributed by atoms with Crippen LogP contribution in [0.5, 0.6) is 0 Å². The molecule has 0 saturated carbocycles. The molecule has 0 atom stereocenters. The van der Waals surface area contributed by atoms with Crippen LogP contribution in [0.2, 0.25) is 0 Å². The molecule has 4 aromatic rings. The van der Waals surface area contributed by atoms with Crippen LogP contribution >= 0.6 is 0 Å². The number of carbonyl (C=O) groups is 1. The molecular weight excluding hydrogens is 384 g/mol. The molecule has 2 aromatic heterocycles. The van der Waals surface area contributed by atoms with Gasteiger partial charge in [0.05, 0.1) is 34.6 Å². The van der Waals surface area contributed by atoms with Gasteiger partial charge in [0.15, 0.2) is 0 Å². The predicted octanol–water partition coefficient (Wildman–Crippen LogP) is 3.46. The van der Waals surface area contributed by atoms with E-state index in [9.17, 15) is 14.9 Å². The summed E-state index contributed by atoms with van der Waals surface area (Å²) in [5.74, 6) is 0.271. The number of rotatable bonds is 6. The first kappa shape index (κ1) is 19.1. The van der Waals surface area contributed by atoms with Crippen molar-refractivity contribution in [2.75, 3.05) is 5.32 Å². The van der Waals surface area contributed by atoms with Gasteiger partial charge in [-0.1, -0.05) is 18.2 Å². The van der Waals surface area contributed by atoms with Crippen LogP contribution in [-0.2, 0) is 11.2 Å². The number of hydrogen-bond donors (Lipinski definition) is 1. The molecule has 0 bridgehead atoms. The lowest BCUT2D eigenvalue weighted by Gasteiger charge is -2.08. The third kappa shape index (κ3) is 4.09. The second-order valence-electron chi connectivity index (χ2n) is 6.71. The Morgan fingerprint density at radius 1 is 1.10 bits per heavy atom. The Kier molecular flexibility index (Phi) is 5.08. The molecule has 0 radical (unpaired) electrons. The van der Waals surface area contributed by atoms with Gasteiger partial charge in [-0.05, 0) is 36.8 Å². The van der Waals surface area contributed by atoms with Crippen LogP contribution in [0.4, 0.5) is 11.5 Å². The van der Waals surface area contributed by atoms with Gasteiger partial charge in [0.25, 0.3) is 5.69 Å². The maximum atomic E-state index is 12.6. The number of para-hydroxylation sites is 1. The van der Waals surface area contributed by atoms with Crippen molar-refractivity contribution in [3.63, 3.8) is 0 Å². The summed E-state index contributed by atoms with van der Waals surface area (Å²) in [5, 5.41) is 22.4. The molecule has 0 aliphatic carbocycles. The van der Waals surface area contributed by atoms with E-state index in [0.29, 0.717) is 17.2 Å². The van der Waals surface area contributed by atoms with Crippen molar-refractivity contribution in [3.8, 4) is 11.4 Å². The van der Waals surface area contributed by atoms with E-state index < -0.39 is 4.92 Å². The number of aryl methyl sites for hydroxylation is 1. The number of hydrogen-bond acceptors (Lipinski definition) is 5. The quantitative estimate of drug-likeness (QED) is 0.392. The number of benzene rings is 2. The molecule has 0 saturated heterocycles. The standard InChI is InChI=1S/C21H18N6O3/c1-15-11-20(26(24-15)18-7-9-19(10-8-18)27(29)30)23-21(28)12-16-13-22-25(14-16)17-5-3-2-4-6-17/h2-11,13-14H,12H2,1H3,(H,23,28). The van der Waals surface area contributed by atoms with Crippen LogP contribution in [0.3, 0.4) is 0 Å². The van der Waals surface area contributed by atoms with Crippen LogP contribution in [0.25, 0.3) is 11.4 Å². The summed E-state index contributed by atoms with van der Waals surface area (Å²) in [6.07, 6.45) is 3.62. The Hall–Kier alpha value is -4.27. The number of carbonyl (C=O) groups excluding carboxylic acids is 1. The number of non-ortho nitro benzene ring substituents is 1. The first-order chi connectivity index (χ1) is 14.5. The van der Waals surface area contributed by atoms with Crippen molar-refractivity contribution >= 4 is 17.4 Å². The summed E-state index contributed by atoms with van der Waals surface area (Å²) >= 11 is 0. The zero-order valence-corrected chi connectivity index (χ0v) is 16.1. The van der Waals surface area contributed by atoms with Gasteiger partial charge in [0.2, 0.25) is 5.91 Å². The molecule has 0 unspecified atom stereocenters. The topological polar surface area (TPSA) is 108 Å². The maximum absolute atomic E-state index is 12.6. The molecule has 150 valence electrons. The fourth-order valence-electron chi connectivity index (χ4n) is 3.05. The van der Waals surface area contributed by atoms with Crippen molar-refractivity contribution in [2.45, 2.75) is 13.3 Å². The fraction of sp³-hybridized carbons (Fsp3) is 0.0952. The fourth-order valence-corrected chi connectivity index (χ4v) is 3.05. The molecule has 0 aliphatic rings. The Balaban J connectivity index is 1.49. The van der Waals surface area contributed by atoms with Crippen molar-refractivity contribution < 1.29 is 9.72 Å². The van der Waals surface area contributed by atoms with Crippen LogP contribution in [-0.4, -0.2) is 30.4 Å². The third-order valence-electron chi connectivity index (χ3n) is 4.43. The average Bonchev–Trinajstić information content (AvgIpc) is 3.35. The van der Waals surface area contributed by atoms with Crippen molar-refractivity contribution in [3.05, 3.63) is 94.4 Å². The van der Waals surface area contributed by atoms with E-state index in [2.05, 4.69) is 15.5 Å². The Morgan fingerprint density at radius 2 is 1.83 bits per heavy atom. The number of nitrogens with one attached hydrogen (secondary N) is 1. The number of anilines is 1. The Bertz CT molecular complexity index is 1200. The van der Waals surface area contributed by atoms with Gasteiger partial charge < -0.3 is 5.32 Å². The molecule has 9 nitrogen and oxygen atoms in total. The minimum Gasteiger partial charge on any atom is -0.310 e. The SMILES string of the molecule is Cc1cc(NC(=O)Cc2cnn(-c3ccccc3)c2)n(-c2ccc([N+](=O)[O-])cc2)n1. The van der Waals surface area contributed by atoms with Gasteiger partial charge in [-0.15, -0.1) is 0 Å². The van der Waals surface area contributed by atoms with E-state index in [4.69, 9.17) is 0 Å². The first-order valence-electron chi connectivity index (χ1n) is 9.20. The van der Waals surface area contributed by atoms with Gasteiger partial charge in [-0.2, -0.15) is 10.2 Å². The largest absolute Gasteiger partial charge is 0.310 e. The van der Waals surface area contributed by atoms with Crippen molar-refractivity contribution in [1.82, 2.24) is 19.6 Å². The zero-order valence-electron chi connectivity index (χ0n) is 16.1. The zero-order chi connectivity index (χ0) is 21.1. The van der Waals surface area contributed by atoms with Crippen LogP contribution in [0.1, 0.15) is 11.3 Å². The van der Waals surface area contributed by atoms with E-state index >= 15 is 0 Å². The van der Waals surface area contributed by atoms with Gasteiger partial charge in [-0.25, -0.2) is 9.36 Å². The Labute approximate surface area is 171 Å². The molecule has 0 spiro atoms. The molecule has 4 rings (SSSR count). The number of nitro groups is 1. The summed E-state index contributed by atoms with van der Waals surface area (Å²) in [4.78, 5) is 23.0. The summed E-state index contributed by atoms with van der Waals surface area (Å²) in [6.45, 7) is 1.81. The Morgan fingerprint density at radius 3 is 2.53 bits per heavy atom. The maximum Gasteiger partial charge on any atom is 0.269 e. The normalized spacial score (nSPS) is 10.7. The highest BCUT2D eigenvalue weighted by Crippen LogP contribution is 2.20. The molecule has 2 aromatic carbocycles. The summed E-state index contributed by atoms with van der Waals surface area (Å²) in [5.41, 5.74) is 3.00. The predicted molar refractivity (Wildman–Crippen MR) is 111 cm³/mol. The van der Waals surface area contributed by atoms with E-state index in [0.717, 1.165) is 11.3 Å². The lowest BCUT2D eigenvalue weighted by atomic mass is 10.2. The smallest absolute Gasteiger partial charge is 0.269 e. The molecule has 30 heavy (non-hydrogen) atoms. The lowest BCUT2D eigenvalue weighted by Crippen LogP contribution is -2.17. The molecular formula is C21H18N6O3. The van der Waals surface area contributed by atoms with E-state index in [1.807, 2.05) is 36.5 Å². The van der Waals surface area contributed by atoms with Crippen LogP contribution in [0.15, 0.2) is 73.1 Å². The highest BCUT2D eigenvalue weighted by molar-refractivity contribution is 5.91. The van der Waals surface area contributed by atoms with E-state index in [-0.39, 0.29) is 18.0 Å².